The molecule has 1 aromatic carbocycles. The Kier molecular flexibility index (Phi) is 4.11. The highest BCUT2D eigenvalue weighted by Crippen LogP contribution is 2.28. The van der Waals surface area contributed by atoms with Crippen molar-refractivity contribution in [3.63, 3.8) is 0 Å². The van der Waals surface area contributed by atoms with E-state index >= 15 is 0 Å². The fraction of sp³-hybridized carbons (Fsp3) is 0.350. The lowest BCUT2D eigenvalue weighted by atomic mass is 9.85. The van der Waals surface area contributed by atoms with Gasteiger partial charge in [0, 0.05) is 23.7 Å². The van der Waals surface area contributed by atoms with Gasteiger partial charge in [-0.25, -0.2) is 9.50 Å². The summed E-state index contributed by atoms with van der Waals surface area (Å²) in [6.07, 6.45) is 10.6. The van der Waals surface area contributed by atoms with Crippen LogP contribution in [-0.4, -0.2) is 20.4 Å². The van der Waals surface area contributed by atoms with Crippen LogP contribution in [0.1, 0.15) is 48.9 Å². The summed E-state index contributed by atoms with van der Waals surface area (Å²) in [5.74, 6) is 0.846. The van der Waals surface area contributed by atoms with Crippen molar-refractivity contribution in [1.82, 2.24) is 14.6 Å². The summed E-state index contributed by atoms with van der Waals surface area (Å²) in [7, 11) is 0. The minimum Gasteiger partial charge on any atom is -0.294 e. The highest BCUT2D eigenvalue weighted by Gasteiger charge is 2.18. The van der Waals surface area contributed by atoms with E-state index in [2.05, 4.69) is 10.1 Å². The van der Waals surface area contributed by atoms with Crippen LogP contribution in [0.4, 0.5) is 0 Å². The number of hydrogen-bond acceptors (Lipinski definition) is 3. The number of rotatable bonds is 4. The van der Waals surface area contributed by atoms with E-state index in [0.29, 0.717) is 12.3 Å². The van der Waals surface area contributed by atoms with Crippen LogP contribution >= 0.6 is 0 Å². The molecule has 3 aromatic rings. The van der Waals surface area contributed by atoms with E-state index in [1.165, 1.54) is 32.1 Å². The monoisotopic (exact) mass is 319 g/mol. The van der Waals surface area contributed by atoms with Gasteiger partial charge in [-0.2, -0.15) is 5.10 Å². The lowest BCUT2D eigenvalue weighted by Crippen LogP contribution is -2.12. The highest BCUT2D eigenvalue weighted by atomic mass is 16.1. The number of ketones is 1. The molecule has 0 unspecified atom stereocenters. The van der Waals surface area contributed by atoms with E-state index in [0.717, 1.165) is 22.5 Å². The van der Waals surface area contributed by atoms with Crippen LogP contribution < -0.4 is 0 Å². The molecule has 0 aliphatic heterocycles. The van der Waals surface area contributed by atoms with Crippen LogP contribution in [0.15, 0.2) is 48.8 Å². The molecule has 122 valence electrons. The molecule has 1 aliphatic rings. The van der Waals surface area contributed by atoms with Gasteiger partial charge < -0.3 is 0 Å². The summed E-state index contributed by atoms with van der Waals surface area (Å²) in [5, 5.41) is 4.34. The van der Waals surface area contributed by atoms with Gasteiger partial charge in [-0.1, -0.05) is 56.4 Å². The zero-order valence-corrected chi connectivity index (χ0v) is 13.7. The average Bonchev–Trinajstić information content (AvgIpc) is 3.07. The van der Waals surface area contributed by atoms with Crippen LogP contribution in [0.2, 0.25) is 0 Å². The molecule has 4 nitrogen and oxygen atoms in total. The van der Waals surface area contributed by atoms with Crippen molar-refractivity contribution in [3.05, 3.63) is 54.4 Å². The van der Waals surface area contributed by atoms with Crippen molar-refractivity contribution in [2.75, 3.05) is 0 Å². The molecule has 0 bridgehead atoms. The maximum absolute atomic E-state index is 12.5. The summed E-state index contributed by atoms with van der Waals surface area (Å²) >= 11 is 0. The van der Waals surface area contributed by atoms with Crippen LogP contribution in [0.25, 0.3) is 16.9 Å². The number of fused-ring (bicyclic) bond motifs is 1. The van der Waals surface area contributed by atoms with Crippen LogP contribution in [-0.2, 0) is 0 Å². The maximum Gasteiger partial charge on any atom is 0.163 e. The molecule has 0 radical (unpaired) electrons. The van der Waals surface area contributed by atoms with Gasteiger partial charge >= 0.3 is 0 Å². The van der Waals surface area contributed by atoms with Gasteiger partial charge in [-0.05, 0) is 18.1 Å². The van der Waals surface area contributed by atoms with E-state index in [9.17, 15) is 4.79 Å². The quantitative estimate of drug-likeness (QED) is 0.663. The molecule has 2 aromatic heterocycles. The molecule has 0 atom stereocenters. The zero-order valence-electron chi connectivity index (χ0n) is 13.7. The van der Waals surface area contributed by atoms with Crippen molar-refractivity contribution in [2.24, 2.45) is 5.92 Å². The molecule has 1 aliphatic carbocycles. The van der Waals surface area contributed by atoms with Crippen molar-refractivity contribution in [3.8, 4) is 11.3 Å². The summed E-state index contributed by atoms with van der Waals surface area (Å²) in [5.41, 5.74) is 3.60. The first-order valence-corrected chi connectivity index (χ1v) is 8.74. The second-order valence-corrected chi connectivity index (χ2v) is 6.65. The van der Waals surface area contributed by atoms with Crippen LogP contribution in [0, 0.1) is 5.92 Å². The average molecular weight is 319 g/mol. The topological polar surface area (TPSA) is 47.3 Å². The molecule has 24 heavy (non-hydrogen) atoms. The Morgan fingerprint density at radius 2 is 1.88 bits per heavy atom. The second-order valence-electron chi connectivity index (χ2n) is 6.65. The van der Waals surface area contributed by atoms with E-state index in [-0.39, 0.29) is 5.78 Å². The van der Waals surface area contributed by atoms with Crippen molar-refractivity contribution in [2.45, 2.75) is 38.5 Å². The number of aromatic nitrogens is 3. The van der Waals surface area contributed by atoms with E-state index in [1.54, 1.807) is 6.20 Å². The first-order chi connectivity index (χ1) is 11.8. The second kappa shape index (κ2) is 6.56. The Labute approximate surface area is 141 Å². The van der Waals surface area contributed by atoms with E-state index in [1.807, 2.05) is 47.1 Å². The third-order valence-corrected chi connectivity index (χ3v) is 4.98. The lowest BCUT2D eigenvalue weighted by Gasteiger charge is -2.20. The van der Waals surface area contributed by atoms with E-state index < -0.39 is 0 Å². The molecule has 1 saturated carbocycles. The minimum atomic E-state index is 0.268. The summed E-state index contributed by atoms with van der Waals surface area (Å²) in [4.78, 5) is 16.9. The van der Waals surface area contributed by atoms with Gasteiger partial charge in [0.25, 0.3) is 0 Å². The molecule has 2 heterocycles. The van der Waals surface area contributed by atoms with Gasteiger partial charge in [0.2, 0.25) is 0 Å². The third-order valence-electron chi connectivity index (χ3n) is 4.98. The first kappa shape index (κ1) is 15.1. The predicted octanol–water partition coefficient (Wildman–Crippen LogP) is 4.55. The fourth-order valence-electron chi connectivity index (χ4n) is 3.62. The van der Waals surface area contributed by atoms with Crippen LogP contribution in [0.5, 0.6) is 0 Å². The zero-order chi connectivity index (χ0) is 16.4. The Balaban J connectivity index is 1.53. The summed E-state index contributed by atoms with van der Waals surface area (Å²) in [6, 6.07) is 11.7. The first-order valence-electron chi connectivity index (χ1n) is 8.74. The largest absolute Gasteiger partial charge is 0.294 e. The Morgan fingerprint density at radius 1 is 1.08 bits per heavy atom. The normalized spacial score (nSPS) is 15.7. The van der Waals surface area contributed by atoms with Crippen molar-refractivity contribution >= 4 is 11.4 Å². The number of nitrogens with zero attached hydrogens (tertiary/aromatic N) is 3. The fourth-order valence-corrected chi connectivity index (χ4v) is 3.62. The SMILES string of the molecule is O=C(CC1CCCCC1)c1ccc(-c2cnc3cccnn23)cc1. The molecule has 0 amide bonds. The van der Waals surface area contributed by atoms with Gasteiger partial charge in [0.1, 0.15) is 0 Å². The van der Waals surface area contributed by atoms with Crippen molar-refractivity contribution < 1.29 is 4.79 Å². The number of carbonyl (C=O) groups excluding carboxylic acids is 1. The van der Waals surface area contributed by atoms with Gasteiger partial charge in [-0.15, -0.1) is 0 Å². The van der Waals surface area contributed by atoms with Gasteiger partial charge in [0.05, 0.1) is 11.9 Å². The molecule has 4 heteroatoms. The molecular weight excluding hydrogens is 298 g/mol. The molecule has 1 fully saturated rings. The molecule has 0 saturated heterocycles. The molecular formula is C20H21N3O. The number of carbonyl (C=O) groups is 1. The molecule has 0 N–H and O–H groups in total. The smallest absolute Gasteiger partial charge is 0.163 e. The number of hydrogen-bond donors (Lipinski definition) is 0. The lowest BCUT2D eigenvalue weighted by molar-refractivity contribution is 0.0950. The number of benzene rings is 1. The summed E-state index contributed by atoms with van der Waals surface area (Å²) in [6.45, 7) is 0. The Morgan fingerprint density at radius 3 is 2.67 bits per heavy atom. The Bertz CT molecular complexity index is 845. The maximum atomic E-state index is 12.5. The van der Waals surface area contributed by atoms with Gasteiger partial charge in [0.15, 0.2) is 11.4 Å². The Hall–Kier alpha value is -2.49. The van der Waals surface area contributed by atoms with Crippen molar-refractivity contribution in [1.29, 1.82) is 0 Å². The number of Topliss-reactive ketones (excluding diaryl/α,β-unsaturated/α-hetero) is 1. The minimum absolute atomic E-state index is 0.268. The predicted molar refractivity (Wildman–Crippen MR) is 93.9 cm³/mol. The number of imidazole rings is 1. The van der Waals surface area contributed by atoms with Crippen LogP contribution in [0.3, 0.4) is 0 Å². The highest BCUT2D eigenvalue weighted by molar-refractivity contribution is 5.96. The molecule has 4 rings (SSSR count). The molecule has 0 spiro atoms. The van der Waals surface area contributed by atoms with Gasteiger partial charge in [-0.3, -0.25) is 4.79 Å². The van der Waals surface area contributed by atoms with E-state index in [4.69, 9.17) is 0 Å². The summed E-state index contributed by atoms with van der Waals surface area (Å²) < 4.78 is 1.82. The third kappa shape index (κ3) is 2.96. The standard InChI is InChI=1S/C20H21N3O/c24-19(13-15-5-2-1-3-6-15)17-10-8-16(9-11-17)18-14-21-20-7-4-12-22-23(18)20/h4,7-12,14-15H,1-3,5-6,13H2.